The topological polar surface area (TPSA) is 12.0 Å². The van der Waals surface area contributed by atoms with Crippen LogP contribution >= 0.6 is 11.8 Å². The molecular formula is C10H13NS. The lowest BCUT2D eigenvalue weighted by atomic mass is 10.2. The SMILES string of the molecule is C=C(SC)c1ccccc1NC. The lowest BCUT2D eigenvalue weighted by molar-refractivity contribution is 1.49. The van der Waals surface area contributed by atoms with E-state index in [9.17, 15) is 0 Å². The smallest absolute Gasteiger partial charge is 0.0422 e. The van der Waals surface area contributed by atoms with Crippen molar-refractivity contribution in [2.24, 2.45) is 0 Å². The van der Waals surface area contributed by atoms with Crippen molar-refractivity contribution in [3.63, 3.8) is 0 Å². The molecule has 0 bridgehead atoms. The van der Waals surface area contributed by atoms with E-state index in [1.807, 2.05) is 25.4 Å². The fraction of sp³-hybridized carbons (Fsp3) is 0.200. The zero-order chi connectivity index (χ0) is 8.97. The first-order valence-electron chi connectivity index (χ1n) is 3.79. The van der Waals surface area contributed by atoms with Gasteiger partial charge in [0.1, 0.15) is 0 Å². The van der Waals surface area contributed by atoms with Crippen molar-refractivity contribution in [2.45, 2.75) is 0 Å². The second kappa shape index (κ2) is 4.21. The number of nitrogens with one attached hydrogen (secondary N) is 1. The first-order chi connectivity index (χ1) is 5.79. The molecule has 0 aliphatic carbocycles. The normalized spacial score (nSPS) is 9.50. The van der Waals surface area contributed by atoms with Gasteiger partial charge in [0.15, 0.2) is 0 Å². The Labute approximate surface area is 77.9 Å². The molecule has 1 nitrogen and oxygen atoms in total. The standard InChI is InChI=1S/C10H13NS/c1-8(12-3)9-6-4-5-7-10(9)11-2/h4-7,11H,1H2,2-3H3. The van der Waals surface area contributed by atoms with Gasteiger partial charge in [0.25, 0.3) is 0 Å². The molecule has 0 aliphatic heterocycles. The minimum absolute atomic E-state index is 1.10. The van der Waals surface area contributed by atoms with Crippen molar-refractivity contribution in [3.05, 3.63) is 36.4 Å². The summed E-state index contributed by atoms with van der Waals surface area (Å²) in [5.41, 5.74) is 2.32. The summed E-state index contributed by atoms with van der Waals surface area (Å²) in [6.07, 6.45) is 2.04. The average molecular weight is 179 g/mol. The molecule has 2 heteroatoms. The van der Waals surface area contributed by atoms with Crippen molar-refractivity contribution in [1.29, 1.82) is 0 Å². The molecule has 0 spiro atoms. The fourth-order valence-electron chi connectivity index (χ4n) is 1.05. The number of para-hydroxylation sites is 1. The summed E-state index contributed by atoms with van der Waals surface area (Å²) >= 11 is 1.67. The molecule has 64 valence electrons. The van der Waals surface area contributed by atoms with Crippen LogP contribution in [0.3, 0.4) is 0 Å². The van der Waals surface area contributed by atoms with Gasteiger partial charge in [0.2, 0.25) is 0 Å². The number of rotatable bonds is 3. The van der Waals surface area contributed by atoms with Gasteiger partial charge in [0.05, 0.1) is 0 Å². The van der Waals surface area contributed by atoms with Crippen LogP contribution in [-0.2, 0) is 0 Å². The summed E-state index contributed by atoms with van der Waals surface area (Å²) in [4.78, 5) is 1.10. The molecule has 0 saturated carbocycles. The van der Waals surface area contributed by atoms with E-state index in [0.29, 0.717) is 0 Å². The summed E-state index contributed by atoms with van der Waals surface area (Å²) in [6.45, 7) is 3.98. The Morgan fingerprint density at radius 1 is 1.42 bits per heavy atom. The Morgan fingerprint density at radius 3 is 2.67 bits per heavy atom. The van der Waals surface area contributed by atoms with Crippen LogP contribution in [0.25, 0.3) is 4.91 Å². The largest absolute Gasteiger partial charge is 0.388 e. The number of anilines is 1. The molecule has 0 amide bonds. The number of thioether (sulfide) groups is 1. The minimum Gasteiger partial charge on any atom is -0.388 e. The Balaban J connectivity index is 3.04. The number of hydrogen-bond donors (Lipinski definition) is 1. The predicted molar refractivity (Wildman–Crippen MR) is 58.5 cm³/mol. The van der Waals surface area contributed by atoms with Crippen LogP contribution in [0.5, 0.6) is 0 Å². The van der Waals surface area contributed by atoms with Crippen LogP contribution in [0.1, 0.15) is 5.56 Å². The van der Waals surface area contributed by atoms with Crippen molar-refractivity contribution in [2.75, 3.05) is 18.6 Å². The van der Waals surface area contributed by atoms with Gasteiger partial charge in [-0.25, -0.2) is 0 Å². The first-order valence-corrected chi connectivity index (χ1v) is 5.02. The zero-order valence-corrected chi connectivity index (χ0v) is 8.24. The van der Waals surface area contributed by atoms with E-state index in [1.54, 1.807) is 11.8 Å². The lowest BCUT2D eigenvalue weighted by Gasteiger charge is -2.08. The molecule has 1 N–H and O–H groups in total. The van der Waals surface area contributed by atoms with E-state index in [0.717, 1.165) is 10.6 Å². The lowest BCUT2D eigenvalue weighted by Crippen LogP contribution is -1.92. The summed E-state index contributed by atoms with van der Waals surface area (Å²) in [5.74, 6) is 0. The van der Waals surface area contributed by atoms with Crippen molar-refractivity contribution in [1.82, 2.24) is 0 Å². The highest BCUT2D eigenvalue weighted by Gasteiger charge is 2.01. The molecule has 0 radical (unpaired) electrons. The number of hydrogen-bond acceptors (Lipinski definition) is 2. The fourth-order valence-corrected chi connectivity index (χ4v) is 1.45. The predicted octanol–water partition coefficient (Wildman–Crippen LogP) is 3.06. The van der Waals surface area contributed by atoms with Crippen LogP contribution in [-0.4, -0.2) is 13.3 Å². The van der Waals surface area contributed by atoms with Crippen LogP contribution in [0.4, 0.5) is 5.69 Å². The van der Waals surface area contributed by atoms with Gasteiger partial charge in [-0.2, -0.15) is 0 Å². The molecule has 0 aromatic heterocycles. The van der Waals surface area contributed by atoms with E-state index in [2.05, 4.69) is 24.0 Å². The Morgan fingerprint density at radius 2 is 2.08 bits per heavy atom. The Kier molecular flexibility index (Phi) is 3.23. The van der Waals surface area contributed by atoms with Crippen LogP contribution in [0.2, 0.25) is 0 Å². The van der Waals surface area contributed by atoms with E-state index >= 15 is 0 Å². The molecule has 1 aromatic carbocycles. The molecule has 0 unspecified atom stereocenters. The van der Waals surface area contributed by atoms with Gasteiger partial charge in [-0.1, -0.05) is 24.8 Å². The number of benzene rings is 1. The molecule has 0 fully saturated rings. The molecular weight excluding hydrogens is 166 g/mol. The Bertz CT molecular complexity index is 281. The molecule has 0 aliphatic rings. The molecule has 1 rings (SSSR count). The van der Waals surface area contributed by atoms with Crippen LogP contribution in [0, 0.1) is 0 Å². The molecule has 1 aromatic rings. The van der Waals surface area contributed by atoms with Gasteiger partial charge in [-0.05, 0) is 12.3 Å². The van der Waals surface area contributed by atoms with Gasteiger partial charge in [-0.15, -0.1) is 11.8 Å². The third-order valence-electron chi connectivity index (χ3n) is 1.74. The monoisotopic (exact) mass is 179 g/mol. The first kappa shape index (κ1) is 9.20. The third-order valence-corrected chi connectivity index (χ3v) is 2.46. The maximum atomic E-state index is 3.98. The third kappa shape index (κ3) is 1.83. The second-order valence-corrected chi connectivity index (χ2v) is 3.32. The van der Waals surface area contributed by atoms with Crippen molar-refractivity contribution < 1.29 is 0 Å². The molecule has 0 saturated heterocycles. The molecule has 12 heavy (non-hydrogen) atoms. The average Bonchev–Trinajstić information content (AvgIpc) is 2.16. The zero-order valence-electron chi connectivity index (χ0n) is 7.42. The van der Waals surface area contributed by atoms with E-state index in [1.165, 1.54) is 5.56 Å². The van der Waals surface area contributed by atoms with Gasteiger partial charge in [-0.3, -0.25) is 0 Å². The van der Waals surface area contributed by atoms with Crippen LogP contribution < -0.4 is 5.32 Å². The Hall–Kier alpha value is -0.890. The van der Waals surface area contributed by atoms with Crippen molar-refractivity contribution in [3.8, 4) is 0 Å². The summed E-state index contributed by atoms with van der Waals surface area (Å²) in [6, 6.07) is 8.17. The minimum atomic E-state index is 1.10. The van der Waals surface area contributed by atoms with E-state index in [4.69, 9.17) is 0 Å². The molecule has 0 heterocycles. The molecule has 0 atom stereocenters. The summed E-state index contributed by atoms with van der Waals surface area (Å²) < 4.78 is 0. The highest BCUT2D eigenvalue weighted by atomic mass is 32.2. The highest BCUT2D eigenvalue weighted by Crippen LogP contribution is 2.28. The van der Waals surface area contributed by atoms with Gasteiger partial charge >= 0.3 is 0 Å². The maximum Gasteiger partial charge on any atom is 0.0422 e. The maximum absolute atomic E-state index is 3.98. The van der Waals surface area contributed by atoms with Gasteiger partial charge < -0.3 is 5.32 Å². The quantitative estimate of drug-likeness (QED) is 0.765. The summed E-state index contributed by atoms with van der Waals surface area (Å²) in [7, 11) is 1.92. The summed E-state index contributed by atoms with van der Waals surface area (Å²) in [5, 5.41) is 3.14. The van der Waals surface area contributed by atoms with E-state index < -0.39 is 0 Å². The van der Waals surface area contributed by atoms with E-state index in [-0.39, 0.29) is 0 Å². The second-order valence-electron chi connectivity index (χ2n) is 2.42. The van der Waals surface area contributed by atoms with Crippen molar-refractivity contribution >= 4 is 22.4 Å². The van der Waals surface area contributed by atoms with Gasteiger partial charge in [0, 0.05) is 23.2 Å². The van der Waals surface area contributed by atoms with Crippen LogP contribution in [0.15, 0.2) is 30.8 Å². The highest BCUT2D eigenvalue weighted by molar-refractivity contribution is 8.07.